The van der Waals surface area contributed by atoms with Gasteiger partial charge < -0.3 is 4.42 Å². The number of hydrogen-bond donors (Lipinski definition) is 0. The molecule has 4 heteroatoms. The quantitative estimate of drug-likeness (QED) is 0.594. The molecule has 2 aromatic carbocycles. The van der Waals surface area contributed by atoms with Crippen molar-refractivity contribution in [2.75, 3.05) is 0 Å². The van der Waals surface area contributed by atoms with Crippen LogP contribution in [0.15, 0.2) is 52.9 Å². The van der Waals surface area contributed by atoms with E-state index in [1.807, 2.05) is 24.3 Å². The highest BCUT2D eigenvalue weighted by atomic mass is 35.5. The van der Waals surface area contributed by atoms with E-state index in [1.54, 1.807) is 0 Å². The summed E-state index contributed by atoms with van der Waals surface area (Å²) in [6.07, 6.45) is 1.09. The first-order chi connectivity index (χ1) is 11.5. The van der Waals surface area contributed by atoms with Gasteiger partial charge in [-0.3, -0.25) is 0 Å². The molecule has 1 aromatic heterocycles. The lowest BCUT2D eigenvalue weighted by Crippen LogP contribution is -1.98. The number of aromatic nitrogens is 2. The molecule has 0 radical (unpaired) electrons. The highest BCUT2D eigenvalue weighted by Gasteiger charge is 2.18. The van der Waals surface area contributed by atoms with Crippen LogP contribution in [0, 0.1) is 5.92 Å². The lowest BCUT2D eigenvalue weighted by Gasteiger charge is -2.09. The second-order valence-electron chi connectivity index (χ2n) is 6.49. The molecular weight excluding hydrogens is 320 g/mol. The topological polar surface area (TPSA) is 38.9 Å². The van der Waals surface area contributed by atoms with Gasteiger partial charge in [-0.2, -0.15) is 0 Å². The zero-order valence-corrected chi connectivity index (χ0v) is 14.9. The molecule has 0 aliphatic heterocycles. The summed E-state index contributed by atoms with van der Waals surface area (Å²) < 4.78 is 5.85. The number of rotatable bonds is 5. The van der Waals surface area contributed by atoms with Gasteiger partial charge in [-0.15, -0.1) is 10.2 Å². The van der Waals surface area contributed by atoms with E-state index in [1.165, 1.54) is 5.56 Å². The van der Waals surface area contributed by atoms with Crippen molar-refractivity contribution in [3.8, 4) is 11.5 Å². The number of nitrogens with zero attached hydrogens (tertiary/aromatic N) is 2. The van der Waals surface area contributed by atoms with E-state index in [4.69, 9.17) is 16.0 Å². The zero-order chi connectivity index (χ0) is 17.1. The van der Waals surface area contributed by atoms with Crippen LogP contribution in [0.4, 0.5) is 0 Å². The molecule has 0 saturated carbocycles. The van der Waals surface area contributed by atoms with Crippen LogP contribution in [0.5, 0.6) is 0 Å². The minimum atomic E-state index is 0.0434. The minimum Gasteiger partial charge on any atom is -0.420 e. The van der Waals surface area contributed by atoms with Crippen LogP contribution in [0.3, 0.4) is 0 Å². The summed E-state index contributed by atoms with van der Waals surface area (Å²) in [5.41, 5.74) is 3.28. The van der Waals surface area contributed by atoms with Gasteiger partial charge >= 0.3 is 0 Å². The first kappa shape index (κ1) is 16.7. The van der Waals surface area contributed by atoms with Crippen LogP contribution < -0.4 is 0 Å². The molecule has 3 rings (SSSR count). The van der Waals surface area contributed by atoms with Gasteiger partial charge in [0.1, 0.15) is 0 Å². The third-order valence-electron chi connectivity index (χ3n) is 4.04. The fraction of sp³-hybridized carbons (Fsp3) is 0.300. The number of benzene rings is 2. The van der Waals surface area contributed by atoms with Gasteiger partial charge in [0.15, 0.2) is 0 Å². The largest absolute Gasteiger partial charge is 0.420 e. The summed E-state index contributed by atoms with van der Waals surface area (Å²) in [6.45, 7) is 6.53. The Morgan fingerprint density at radius 1 is 0.958 bits per heavy atom. The van der Waals surface area contributed by atoms with Crippen molar-refractivity contribution in [3.05, 3.63) is 70.6 Å². The van der Waals surface area contributed by atoms with Crippen molar-refractivity contribution >= 4 is 11.6 Å². The normalized spacial score (nSPS) is 12.5. The monoisotopic (exact) mass is 340 g/mol. The Bertz CT molecular complexity index is 809. The molecule has 124 valence electrons. The Labute approximate surface area is 147 Å². The van der Waals surface area contributed by atoms with E-state index >= 15 is 0 Å². The molecule has 0 saturated heterocycles. The van der Waals surface area contributed by atoms with Crippen molar-refractivity contribution in [1.82, 2.24) is 10.2 Å². The molecule has 0 aliphatic carbocycles. The molecule has 24 heavy (non-hydrogen) atoms. The fourth-order valence-electron chi connectivity index (χ4n) is 2.71. The first-order valence-electron chi connectivity index (χ1n) is 8.21. The molecule has 0 unspecified atom stereocenters. The SMILES string of the molecule is CC(C)Cc1ccc([C@@H](C)c2nnc(-c3ccccc3Cl)o2)cc1. The van der Waals surface area contributed by atoms with Crippen molar-refractivity contribution in [2.24, 2.45) is 5.92 Å². The number of halogens is 1. The maximum atomic E-state index is 6.20. The fourth-order valence-corrected chi connectivity index (χ4v) is 2.93. The Morgan fingerprint density at radius 3 is 2.33 bits per heavy atom. The summed E-state index contributed by atoms with van der Waals surface area (Å²) in [4.78, 5) is 0. The van der Waals surface area contributed by atoms with Crippen LogP contribution in [-0.2, 0) is 6.42 Å². The van der Waals surface area contributed by atoms with E-state index in [0.29, 0.717) is 22.7 Å². The second kappa shape index (κ2) is 7.18. The van der Waals surface area contributed by atoms with Gasteiger partial charge in [0, 0.05) is 0 Å². The van der Waals surface area contributed by atoms with Crippen molar-refractivity contribution in [1.29, 1.82) is 0 Å². The van der Waals surface area contributed by atoms with Gasteiger partial charge in [0.05, 0.1) is 16.5 Å². The van der Waals surface area contributed by atoms with Crippen LogP contribution in [0.1, 0.15) is 43.7 Å². The first-order valence-corrected chi connectivity index (χ1v) is 8.59. The van der Waals surface area contributed by atoms with Gasteiger partial charge in [0.2, 0.25) is 11.8 Å². The van der Waals surface area contributed by atoms with Crippen LogP contribution in [0.2, 0.25) is 5.02 Å². The molecule has 0 N–H and O–H groups in total. The maximum Gasteiger partial charge on any atom is 0.249 e. The lowest BCUT2D eigenvalue weighted by molar-refractivity contribution is 0.490. The molecule has 1 atom stereocenters. The van der Waals surface area contributed by atoms with Gasteiger partial charge in [-0.25, -0.2) is 0 Å². The highest BCUT2D eigenvalue weighted by molar-refractivity contribution is 6.33. The Balaban J connectivity index is 1.81. The van der Waals surface area contributed by atoms with Crippen LogP contribution in [0.25, 0.3) is 11.5 Å². The van der Waals surface area contributed by atoms with E-state index in [-0.39, 0.29) is 5.92 Å². The van der Waals surface area contributed by atoms with E-state index in [9.17, 15) is 0 Å². The summed E-state index contributed by atoms with van der Waals surface area (Å²) in [5.74, 6) is 1.75. The van der Waals surface area contributed by atoms with Gasteiger partial charge in [0.25, 0.3) is 0 Å². The average Bonchev–Trinajstić information content (AvgIpc) is 3.04. The molecule has 0 spiro atoms. The zero-order valence-electron chi connectivity index (χ0n) is 14.2. The smallest absolute Gasteiger partial charge is 0.249 e. The predicted molar refractivity (Wildman–Crippen MR) is 97.2 cm³/mol. The number of hydrogen-bond acceptors (Lipinski definition) is 3. The van der Waals surface area contributed by atoms with E-state index in [2.05, 4.69) is 55.2 Å². The van der Waals surface area contributed by atoms with Crippen LogP contribution in [-0.4, -0.2) is 10.2 Å². The predicted octanol–water partition coefficient (Wildman–Crippen LogP) is 5.74. The lowest BCUT2D eigenvalue weighted by atomic mass is 9.97. The van der Waals surface area contributed by atoms with Crippen molar-refractivity contribution < 1.29 is 4.42 Å². The van der Waals surface area contributed by atoms with Crippen LogP contribution >= 0.6 is 11.6 Å². The highest BCUT2D eigenvalue weighted by Crippen LogP contribution is 2.30. The van der Waals surface area contributed by atoms with Gasteiger partial charge in [-0.05, 0) is 42.5 Å². The molecule has 3 nitrogen and oxygen atoms in total. The Kier molecular flexibility index (Phi) is 5.00. The third-order valence-corrected chi connectivity index (χ3v) is 4.37. The molecule has 0 fully saturated rings. The standard InChI is InChI=1S/C20H21ClN2O/c1-13(2)12-15-8-10-16(11-9-15)14(3)19-22-23-20(24-19)17-6-4-5-7-18(17)21/h4-11,13-14H,12H2,1-3H3/t14-/m1/s1. The molecule has 0 bridgehead atoms. The summed E-state index contributed by atoms with van der Waals surface area (Å²) >= 11 is 6.20. The minimum absolute atomic E-state index is 0.0434. The summed E-state index contributed by atoms with van der Waals surface area (Å²) in [7, 11) is 0. The maximum absolute atomic E-state index is 6.20. The summed E-state index contributed by atoms with van der Waals surface area (Å²) in [5, 5.41) is 8.96. The molecular formula is C20H21ClN2O. The summed E-state index contributed by atoms with van der Waals surface area (Å²) in [6, 6.07) is 16.1. The molecule has 1 heterocycles. The second-order valence-corrected chi connectivity index (χ2v) is 6.89. The van der Waals surface area contributed by atoms with Gasteiger partial charge in [-0.1, -0.05) is 61.8 Å². The Morgan fingerprint density at radius 2 is 1.67 bits per heavy atom. The molecule has 3 aromatic rings. The van der Waals surface area contributed by atoms with E-state index < -0.39 is 0 Å². The average molecular weight is 341 g/mol. The Hall–Kier alpha value is -2.13. The van der Waals surface area contributed by atoms with E-state index in [0.717, 1.165) is 17.5 Å². The molecule has 0 aliphatic rings. The van der Waals surface area contributed by atoms with Crippen molar-refractivity contribution in [3.63, 3.8) is 0 Å². The third kappa shape index (κ3) is 3.68. The molecule has 0 amide bonds. The van der Waals surface area contributed by atoms with Crippen molar-refractivity contribution in [2.45, 2.75) is 33.1 Å².